The van der Waals surface area contributed by atoms with Gasteiger partial charge in [0.05, 0.1) is 42.2 Å². The lowest BCUT2D eigenvalue weighted by Gasteiger charge is -2.10. The van der Waals surface area contributed by atoms with Crippen molar-refractivity contribution < 1.29 is 4.79 Å². The Kier molecular flexibility index (Phi) is 4.94. The molecular weight excluding hydrogens is 330 g/mol. The average Bonchev–Trinajstić information content (AvgIpc) is 3.08. The quantitative estimate of drug-likeness (QED) is 0.740. The highest BCUT2D eigenvalue weighted by atomic mass is 16.1. The number of nitriles is 1. The first-order chi connectivity index (χ1) is 12.6. The van der Waals surface area contributed by atoms with Gasteiger partial charge < -0.3 is 10.3 Å². The minimum atomic E-state index is -0.335. The van der Waals surface area contributed by atoms with Gasteiger partial charge in [0.2, 0.25) is 0 Å². The molecule has 0 spiro atoms. The van der Waals surface area contributed by atoms with E-state index in [0.717, 1.165) is 5.56 Å². The van der Waals surface area contributed by atoms with Crippen LogP contribution in [-0.2, 0) is 6.54 Å². The Morgan fingerprint density at radius 3 is 2.81 bits per heavy atom. The zero-order chi connectivity index (χ0) is 18.5. The number of H-pyrrole nitrogens is 1. The van der Waals surface area contributed by atoms with Crippen molar-refractivity contribution in [2.45, 2.75) is 19.9 Å². The topological polar surface area (TPSA) is 104 Å². The maximum atomic E-state index is 12.8. The second kappa shape index (κ2) is 7.49. The second-order valence-electron chi connectivity index (χ2n) is 5.76. The molecule has 26 heavy (non-hydrogen) atoms. The summed E-state index contributed by atoms with van der Waals surface area (Å²) in [6.07, 6.45) is 3.24. The number of nitrogens with zero attached hydrogens (tertiary/aromatic N) is 3. The van der Waals surface area contributed by atoms with Crippen molar-refractivity contribution in [3.8, 4) is 17.3 Å². The molecule has 3 rings (SSSR count). The van der Waals surface area contributed by atoms with Crippen LogP contribution in [0, 0.1) is 18.3 Å². The van der Waals surface area contributed by atoms with Crippen molar-refractivity contribution in [1.29, 1.82) is 5.26 Å². The number of pyridine rings is 1. The third-order valence-corrected chi connectivity index (χ3v) is 3.91. The summed E-state index contributed by atoms with van der Waals surface area (Å²) in [4.78, 5) is 26.8. The minimum absolute atomic E-state index is 0.197. The summed E-state index contributed by atoms with van der Waals surface area (Å²) < 4.78 is 1.66. The fraction of sp³-hybridized carbons (Fsp3) is 0.158. The Morgan fingerprint density at radius 2 is 2.12 bits per heavy atom. The number of aryl methyl sites for hydroxylation is 2. The van der Waals surface area contributed by atoms with E-state index in [-0.39, 0.29) is 11.5 Å². The van der Waals surface area contributed by atoms with Crippen molar-refractivity contribution >= 4 is 11.6 Å². The van der Waals surface area contributed by atoms with Crippen LogP contribution in [0.4, 0.5) is 5.69 Å². The van der Waals surface area contributed by atoms with Gasteiger partial charge in [0.1, 0.15) is 0 Å². The van der Waals surface area contributed by atoms with Crippen LogP contribution in [0.5, 0.6) is 0 Å². The first kappa shape index (κ1) is 17.2. The van der Waals surface area contributed by atoms with Gasteiger partial charge in [-0.3, -0.25) is 14.3 Å². The number of rotatable bonds is 5. The van der Waals surface area contributed by atoms with E-state index in [9.17, 15) is 9.59 Å². The van der Waals surface area contributed by atoms with E-state index >= 15 is 0 Å². The highest BCUT2D eigenvalue weighted by Crippen LogP contribution is 2.25. The first-order valence-corrected chi connectivity index (χ1v) is 8.09. The Hall–Kier alpha value is -3.66. The number of hydrogen-bond acceptors (Lipinski definition) is 4. The SMILES string of the molecule is Cc1cc(NC(=O)c2cnn(CCC#N)c2-c2ccccc2)c[nH]c1=O. The summed E-state index contributed by atoms with van der Waals surface area (Å²) in [6, 6.07) is 13.1. The van der Waals surface area contributed by atoms with E-state index < -0.39 is 0 Å². The van der Waals surface area contributed by atoms with Crippen molar-refractivity contribution in [2.75, 3.05) is 5.32 Å². The number of anilines is 1. The molecule has 0 radical (unpaired) electrons. The van der Waals surface area contributed by atoms with E-state index in [1.54, 1.807) is 17.7 Å². The van der Waals surface area contributed by atoms with E-state index in [2.05, 4.69) is 21.5 Å². The van der Waals surface area contributed by atoms with Crippen molar-refractivity contribution in [1.82, 2.24) is 14.8 Å². The molecule has 1 amide bonds. The summed E-state index contributed by atoms with van der Waals surface area (Å²) in [6.45, 7) is 2.07. The Bertz CT molecular complexity index is 1030. The zero-order valence-electron chi connectivity index (χ0n) is 14.2. The largest absolute Gasteiger partial charge is 0.327 e. The lowest BCUT2D eigenvalue weighted by atomic mass is 10.1. The van der Waals surface area contributed by atoms with E-state index in [1.807, 2.05) is 30.3 Å². The fourth-order valence-electron chi connectivity index (χ4n) is 2.65. The molecule has 7 heteroatoms. The number of hydrogen-bond donors (Lipinski definition) is 2. The predicted octanol–water partition coefficient (Wildman–Crippen LogP) is 2.71. The van der Waals surface area contributed by atoms with E-state index in [1.165, 1.54) is 12.4 Å². The number of nitrogens with one attached hydrogen (secondary N) is 2. The molecule has 130 valence electrons. The fourth-order valence-corrected chi connectivity index (χ4v) is 2.65. The molecule has 0 saturated heterocycles. The van der Waals surface area contributed by atoms with Gasteiger partial charge >= 0.3 is 0 Å². The molecule has 0 aliphatic carbocycles. The number of carbonyl (C=O) groups is 1. The standard InChI is InChI=1S/C19H17N5O2/c1-13-10-15(11-21-18(13)25)23-19(26)16-12-22-24(9-5-8-20)17(16)14-6-3-2-4-7-14/h2-4,6-7,10-12H,5,9H2,1H3,(H,21,25)(H,23,26). The number of amides is 1. The molecule has 0 saturated carbocycles. The first-order valence-electron chi connectivity index (χ1n) is 8.09. The second-order valence-corrected chi connectivity index (χ2v) is 5.76. The van der Waals surface area contributed by atoms with Gasteiger partial charge in [-0.1, -0.05) is 30.3 Å². The minimum Gasteiger partial charge on any atom is -0.327 e. The molecule has 0 bridgehead atoms. The summed E-state index contributed by atoms with van der Waals surface area (Å²) in [5.74, 6) is -0.335. The Labute approximate surface area is 149 Å². The van der Waals surface area contributed by atoms with Crippen LogP contribution in [0.3, 0.4) is 0 Å². The van der Waals surface area contributed by atoms with Crippen LogP contribution in [0.15, 0.2) is 53.6 Å². The molecule has 7 nitrogen and oxygen atoms in total. The third-order valence-electron chi connectivity index (χ3n) is 3.91. The zero-order valence-corrected chi connectivity index (χ0v) is 14.2. The van der Waals surface area contributed by atoms with Gasteiger partial charge in [-0.25, -0.2) is 0 Å². The van der Waals surface area contributed by atoms with Crippen LogP contribution in [0.2, 0.25) is 0 Å². The van der Waals surface area contributed by atoms with Gasteiger partial charge in [0, 0.05) is 17.3 Å². The molecule has 0 aliphatic rings. The van der Waals surface area contributed by atoms with Crippen molar-refractivity contribution in [3.05, 3.63) is 70.3 Å². The lowest BCUT2D eigenvalue weighted by molar-refractivity contribution is 0.102. The maximum Gasteiger partial charge on any atom is 0.259 e. The number of aromatic amines is 1. The molecule has 0 unspecified atom stereocenters. The highest BCUT2D eigenvalue weighted by Gasteiger charge is 2.19. The van der Waals surface area contributed by atoms with Crippen molar-refractivity contribution in [2.24, 2.45) is 0 Å². The highest BCUT2D eigenvalue weighted by molar-refractivity contribution is 6.08. The summed E-state index contributed by atoms with van der Waals surface area (Å²) in [7, 11) is 0. The van der Waals surface area contributed by atoms with E-state index in [4.69, 9.17) is 5.26 Å². The summed E-state index contributed by atoms with van der Waals surface area (Å²) >= 11 is 0. The number of benzene rings is 1. The van der Waals surface area contributed by atoms with Gasteiger partial charge in [0.15, 0.2) is 0 Å². The number of carbonyl (C=O) groups excluding carboxylic acids is 1. The molecule has 1 aromatic carbocycles. The van der Waals surface area contributed by atoms with Crippen LogP contribution < -0.4 is 10.9 Å². The maximum absolute atomic E-state index is 12.8. The van der Waals surface area contributed by atoms with Crippen LogP contribution >= 0.6 is 0 Å². The molecule has 0 atom stereocenters. The predicted molar refractivity (Wildman–Crippen MR) is 97.6 cm³/mol. The molecule has 0 fully saturated rings. The van der Waals surface area contributed by atoms with Crippen LogP contribution in [0.25, 0.3) is 11.3 Å². The molecule has 2 aromatic heterocycles. The monoisotopic (exact) mass is 347 g/mol. The van der Waals surface area contributed by atoms with Crippen LogP contribution in [-0.4, -0.2) is 20.7 Å². The van der Waals surface area contributed by atoms with Gasteiger partial charge in [0.25, 0.3) is 11.5 Å². The number of aromatic nitrogens is 3. The summed E-state index contributed by atoms with van der Waals surface area (Å²) in [5.41, 5.74) is 2.70. The molecule has 2 N–H and O–H groups in total. The Morgan fingerprint density at radius 1 is 1.35 bits per heavy atom. The molecule has 3 aromatic rings. The molecular formula is C19H17N5O2. The molecule has 0 aliphatic heterocycles. The normalized spacial score (nSPS) is 10.3. The van der Waals surface area contributed by atoms with E-state index in [0.29, 0.717) is 35.5 Å². The van der Waals surface area contributed by atoms with Gasteiger partial charge in [-0.15, -0.1) is 0 Å². The smallest absolute Gasteiger partial charge is 0.259 e. The Balaban J connectivity index is 1.97. The summed E-state index contributed by atoms with van der Waals surface area (Å²) in [5, 5.41) is 15.9. The van der Waals surface area contributed by atoms with Gasteiger partial charge in [-0.2, -0.15) is 10.4 Å². The lowest BCUT2D eigenvalue weighted by Crippen LogP contribution is -2.16. The molecule has 2 heterocycles. The van der Waals surface area contributed by atoms with Gasteiger partial charge in [-0.05, 0) is 13.0 Å². The van der Waals surface area contributed by atoms with Crippen molar-refractivity contribution in [3.63, 3.8) is 0 Å². The third kappa shape index (κ3) is 3.54. The average molecular weight is 347 g/mol. The van der Waals surface area contributed by atoms with Crippen LogP contribution in [0.1, 0.15) is 22.3 Å².